The molecule has 0 radical (unpaired) electrons. The van der Waals surface area contributed by atoms with Crippen LogP contribution in [0, 0.1) is 0 Å². The summed E-state index contributed by atoms with van der Waals surface area (Å²) in [5.74, 6) is -8.81. The summed E-state index contributed by atoms with van der Waals surface area (Å²) in [7, 11) is 1.89. The van der Waals surface area contributed by atoms with Crippen molar-refractivity contribution in [2.24, 2.45) is 11.5 Å². The third kappa shape index (κ3) is 20.0. The molecule has 41 heavy (non-hydrogen) atoms. The molecule has 0 aromatic carbocycles. The van der Waals surface area contributed by atoms with Crippen LogP contribution >= 0.6 is 21.6 Å². The Kier molecular flexibility index (Phi) is 21.8. The Labute approximate surface area is 263 Å². The van der Waals surface area contributed by atoms with Gasteiger partial charge in [0.15, 0.2) is 0 Å². The molecule has 0 fully saturated rings. The van der Waals surface area contributed by atoms with Gasteiger partial charge in [-0.15, -0.1) is 0 Å². The van der Waals surface area contributed by atoms with Crippen molar-refractivity contribution >= 4 is 98.7 Å². The van der Waals surface area contributed by atoms with Crippen molar-refractivity contribution in [3.8, 4) is 0 Å². The van der Waals surface area contributed by atoms with Crippen LogP contribution in [0.1, 0.15) is 25.7 Å². The molecule has 0 aliphatic carbocycles. The quantitative estimate of drug-likeness (QED) is 0.0322. The van der Waals surface area contributed by atoms with Gasteiger partial charge >= 0.3 is 53.4 Å². The van der Waals surface area contributed by atoms with Crippen molar-refractivity contribution < 1.29 is 58.8 Å². The average molecular weight is 637 g/mol. The first-order chi connectivity index (χ1) is 18.6. The van der Waals surface area contributed by atoms with Gasteiger partial charge in [-0.25, -0.2) is 0 Å². The van der Waals surface area contributed by atoms with Crippen molar-refractivity contribution in [3.05, 3.63) is 0 Å². The standard InChI is InChI=1S/C20H32N6O12S2.Na.H/c21-9(19(35)36)1-3-13(27)25-11(17(33)23-5-15(29)30)7-39-40-8-12(18(34)24-6-16(31)32)26-14(28)4-2-10(22)20(37)38;;/h9-12H,1-8,21-22H2,(H,23,33)(H,24,34)(H,25,27)(H,26,28)(H,29,30)(H,31,32)(H,35,36)(H,37,38);;/t9-,10-,11-,12-;;/m0../s1. The monoisotopic (exact) mass is 636 g/mol. The number of rotatable bonds is 21. The summed E-state index contributed by atoms with van der Waals surface area (Å²) in [4.78, 5) is 92.3. The molecule has 0 aromatic rings. The summed E-state index contributed by atoms with van der Waals surface area (Å²) in [5.41, 5.74) is 10.7. The van der Waals surface area contributed by atoms with Crippen molar-refractivity contribution in [2.75, 3.05) is 24.6 Å². The number of carbonyl (C=O) groups excluding carboxylic acids is 4. The Bertz CT molecular complexity index is 886. The van der Waals surface area contributed by atoms with Crippen LogP contribution in [-0.2, 0) is 38.4 Å². The minimum atomic E-state index is -1.34. The molecule has 21 heteroatoms. The predicted octanol–water partition coefficient (Wildman–Crippen LogP) is -4.53. The zero-order valence-electron chi connectivity index (χ0n) is 21.0. The summed E-state index contributed by atoms with van der Waals surface area (Å²) in [5, 5.41) is 44.1. The number of hydrogen-bond donors (Lipinski definition) is 10. The molecule has 4 amide bonds. The fourth-order valence-corrected chi connectivity index (χ4v) is 4.85. The first-order valence-corrected chi connectivity index (χ1v) is 13.9. The second-order valence-corrected chi connectivity index (χ2v) is 10.6. The van der Waals surface area contributed by atoms with Crippen LogP contribution in [0.3, 0.4) is 0 Å². The molecular formula is C20H33N6NaO12S2. The van der Waals surface area contributed by atoms with Gasteiger partial charge in [0.25, 0.3) is 0 Å². The Morgan fingerprint density at radius 2 is 0.927 bits per heavy atom. The number of carbonyl (C=O) groups is 8. The van der Waals surface area contributed by atoms with E-state index in [4.69, 9.17) is 31.9 Å². The summed E-state index contributed by atoms with van der Waals surface area (Å²) in [6.07, 6.45) is -1.12. The summed E-state index contributed by atoms with van der Waals surface area (Å²) < 4.78 is 0. The molecular weight excluding hydrogens is 603 g/mol. The molecule has 228 valence electrons. The zero-order valence-corrected chi connectivity index (χ0v) is 22.6. The van der Waals surface area contributed by atoms with Crippen molar-refractivity contribution in [2.45, 2.75) is 49.9 Å². The fraction of sp³-hybridized carbons (Fsp3) is 0.600. The first-order valence-electron chi connectivity index (χ1n) is 11.4. The molecule has 0 saturated carbocycles. The third-order valence-corrected chi connectivity index (χ3v) is 7.11. The van der Waals surface area contributed by atoms with Gasteiger partial charge in [-0.3, -0.25) is 38.4 Å². The summed E-state index contributed by atoms with van der Waals surface area (Å²) >= 11 is 0. The van der Waals surface area contributed by atoms with Crippen molar-refractivity contribution in [3.63, 3.8) is 0 Å². The molecule has 0 aliphatic heterocycles. The van der Waals surface area contributed by atoms with E-state index >= 15 is 0 Å². The molecule has 0 heterocycles. The number of aliphatic carboxylic acids is 4. The number of hydrogen-bond acceptors (Lipinski definition) is 12. The van der Waals surface area contributed by atoms with E-state index in [1.54, 1.807) is 0 Å². The molecule has 0 spiro atoms. The third-order valence-electron chi connectivity index (χ3n) is 4.68. The van der Waals surface area contributed by atoms with E-state index in [0.717, 1.165) is 21.6 Å². The van der Waals surface area contributed by atoms with Gasteiger partial charge in [0, 0.05) is 24.3 Å². The summed E-state index contributed by atoms with van der Waals surface area (Å²) in [6, 6.07) is -5.16. The van der Waals surface area contributed by atoms with Gasteiger partial charge in [-0.05, 0) is 12.8 Å². The maximum atomic E-state index is 12.4. The number of carboxylic acid groups (broad SMARTS) is 4. The second-order valence-electron chi connectivity index (χ2n) is 8.00. The SMILES string of the molecule is N[C@@H](CCC(=O)N[C@@H](CSSC[C@H](NC(=O)CC[C@H](N)C(=O)O)C(=O)NCC(=O)O)C(=O)NCC(=O)O)C(=O)O.[NaH]. The topological polar surface area (TPSA) is 318 Å². The Morgan fingerprint density at radius 3 is 1.20 bits per heavy atom. The average Bonchev–Trinajstić information content (AvgIpc) is 2.87. The van der Waals surface area contributed by atoms with E-state index in [2.05, 4.69) is 21.3 Å². The Hall–Kier alpha value is -2.62. The van der Waals surface area contributed by atoms with E-state index in [9.17, 15) is 38.4 Å². The molecule has 4 atom stereocenters. The van der Waals surface area contributed by atoms with Crippen LogP contribution in [0.15, 0.2) is 0 Å². The molecule has 0 aromatic heterocycles. The number of carboxylic acids is 4. The van der Waals surface area contributed by atoms with Crippen molar-refractivity contribution in [1.82, 2.24) is 21.3 Å². The van der Waals surface area contributed by atoms with E-state index in [1.165, 1.54) is 0 Å². The molecule has 0 saturated heterocycles. The van der Waals surface area contributed by atoms with Gasteiger partial charge in [0.1, 0.15) is 37.3 Å². The second kappa shape index (κ2) is 22.0. The van der Waals surface area contributed by atoms with Gasteiger partial charge < -0.3 is 53.2 Å². The fourth-order valence-electron chi connectivity index (χ4n) is 2.52. The van der Waals surface area contributed by atoms with Gasteiger partial charge in [-0.1, -0.05) is 21.6 Å². The normalized spacial score (nSPS) is 13.2. The van der Waals surface area contributed by atoms with E-state index in [1.807, 2.05) is 0 Å². The minimum absolute atomic E-state index is 0. The van der Waals surface area contributed by atoms with Crippen molar-refractivity contribution in [1.29, 1.82) is 0 Å². The van der Waals surface area contributed by atoms with Crippen LogP contribution < -0.4 is 32.7 Å². The number of amides is 4. The van der Waals surface area contributed by atoms with Crippen LogP contribution in [0.4, 0.5) is 0 Å². The van der Waals surface area contributed by atoms with E-state index < -0.39 is 84.8 Å². The molecule has 0 rings (SSSR count). The number of nitrogens with two attached hydrogens (primary N) is 2. The number of nitrogens with one attached hydrogen (secondary N) is 4. The summed E-state index contributed by atoms with van der Waals surface area (Å²) in [6.45, 7) is -1.48. The van der Waals surface area contributed by atoms with Gasteiger partial charge in [0.05, 0.1) is 0 Å². The van der Waals surface area contributed by atoms with Crippen LogP contribution in [0.5, 0.6) is 0 Å². The predicted molar refractivity (Wildman–Crippen MR) is 147 cm³/mol. The maximum absolute atomic E-state index is 12.4. The van der Waals surface area contributed by atoms with E-state index in [-0.39, 0.29) is 66.7 Å². The van der Waals surface area contributed by atoms with E-state index in [0.29, 0.717) is 0 Å². The van der Waals surface area contributed by atoms with Gasteiger partial charge in [0.2, 0.25) is 23.6 Å². The molecule has 12 N–H and O–H groups in total. The van der Waals surface area contributed by atoms with Gasteiger partial charge in [-0.2, -0.15) is 0 Å². The molecule has 0 unspecified atom stereocenters. The Balaban J connectivity index is 0. The molecule has 0 aliphatic rings. The Morgan fingerprint density at radius 1 is 0.610 bits per heavy atom. The first kappa shape index (κ1) is 40.5. The van der Waals surface area contributed by atoms with Crippen LogP contribution in [-0.4, -0.2) is 146 Å². The van der Waals surface area contributed by atoms with Crippen LogP contribution in [0.2, 0.25) is 0 Å². The molecule has 0 bridgehead atoms. The molecule has 18 nitrogen and oxygen atoms in total. The van der Waals surface area contributed by atoms with Crippen LogP contribution in [0.25, 0.3) is 0 Å². The zero-order chi connectivity index (χ0) is 30.8.